The predicted octanol–water partition coefficient (Wildman–Crippen LogP) is 3.05. The summed E-state index contributed by atoms with van der Waals surface area (Å²) in [5, 5.41) is -0.609. The minimum Gasteiger partial charge on any atom is -0.276 e. The molecular formula is C13H15ClO3S. The van der Waals surface area contributed by atoms with E-state index in [-0.39, 0.29) is 11.3 Å². The van der Waals surface area contributed by atoms with Crippen molar-refractivity contribution in [1.29, 1.82) is 0 Å². The van der Waals surface area contributed by atoms with Crippen LogP contribution >= 0.6 is 11.6 Å². The summed E-state index contributed by atoms with van der Waals surface area (Å²) >= 11 is 5.49. The predicted molar refractivity (Wildman–Crippen MR) is 71.1 cm³/mol. The Balaban J connectivity index is 2.72. The van der Waals surface area contributed by atoms with Crippen molar-refractivity contribution in [2.45, 2.75) is 37.5 Å². The largest absolute Gasteiger partial charge is 0.276 e. The average molecular weight is 287 g/mol. The molecule has 1 saturated carbocycles. The topological polar surface area (TPSA) is 51.2 Å². The SMILES string of the molecule is CCS(=O)(=O)c1c(C2CC2)ccc(C(=O)Cl)c1C. The standard InChI is InChI=1S/C13H15ClO3S/c1-3-18(16,17)12-8(2)10(13(14)15)6-7-11(12)9-4-5-9/h6-7,9H,3-5H2,1-2H3. The number of sulfone groups is 1. The smallest absolute Gasteiger partial charge is 0.252 e. The van der Waals surface area contributed by atoms with Crippen LogP contribution in [0, 0.1) is 6.92 Å². The van der Waals surface area contributed by atoms with Gasteiger partial charge in [-0.15, -0.1) is 0 Å². The van der Waals surface area contributed by atoms with Gasteiger partial charge in [0.05, 0.1) is 10.6 Å². The Kier molecular flexibility index (Phi) is 3.52. The lowest BCUT2D eigenvalue weighted by Gasteiger charge is -2.14. The summed E-state index contributed by atoms with van der Waals surface area (Å²) < 4.78 is 24.4. The van der Waals surface area contributed by atoms with Gasteiger partial charge in [0.25, 0.3) is 5.24 Å². The Morgan fingerprint density at radius 1 is 1.39 bits per heavy atom. The molecule has 98 valence electrons. The Morgan fingerprint density at radius 2 is 2.00 bits per heavy atom. The van der Waals surface area contributed by atoms with E-state index < -0.39 is 15.1 Å². The highest BCUT2D eigenvalue weighted by molar-refractivity contribution is 7.91. The molecule has 0 spiro atoms. The van der Waals surface area contributed by atoms with Gasteiger partial charge in [-0.3, -0.25) is 4.79 Å². The van der Waals surface area contributed by atoms with Gasteiger partial charge in [-0.2, -0.15) is 0 Å². The average Bonchev–Trinajstić information content (AvgIpc) is 3.11. The summed E-state index contributed by atoms with van der Waals surface area (Å²) in [4.78, 5) is 11.6. The van der Waals surface area contributed by atoms with Gasteiger partial charge in [-0.25, -0.2) is 8.42 Å². The van der Waals surface area contributed by atoms with Crippen LogP contribution < -0.4 is 0 Å². The van der Waals surface area contributed by atoms with Crippen LogP contribution in [0.15, 0.2) is 17.0 Å². The molecule has 0 unspecified atom stereocenters. The first kappa shape index (κ1) is 13.6. The highest BCUT2D eigenvalue weighted by Crippen LogP contribution is 2.44. The monoisotopic (exact) mass is 286 g/mol. The van der Waals surface area contributed by atoms with E-state index in [0.29, 0.717) is 16.4 Å². The van der Waals surface area contributed by atoms with Crippen molar-refractivity contribution in [1.82, 2.24) is 0 Å². The fraction of sp³-hybridized carbons (Fsp3) is 0.462. The van der Waals surface area contributed by atoms with Crippen LogP contribution in [0.1, 0.15) is 47.2 Å². The van der Waals surface area contributed by atoms with E-state index in [9.17, 15) is 13.2 Å². The van der Waals surface area contributed by atoms with Crippen molar-refractivity contribution in [3.8, 4) is 0 Å². The summed E-state index contributed by atoms with van der Waals surface area (Å²) in [6.07, 6.45) is 2.03. The van der Waals surface area contributed by atoms with E-state index in [1.54, 1.807) is 26.0 Å². The fourth-order valence-corrected chi connectivity index (χ4v) is 3.86. The molecule has 0 aromatic heterocycles. The molecule has 1 fully saturated rings. The molecule has 0 N–H and O–H groups in total. The number of rotatable bonds is 4. The van der Waals surface area contributed by atoms with Crippen molar-refractivity contribution in [2.24, 2.45) is 0 Å². The van der Waals surface area contributed by atoms with Crippen LogP contribution in [0.2, 0.25) is 0 Å². The van der Waals surface area contributed by atoms with Gasteiger partial charge in [0.15, 0.2) is 9.84 Å². The first-order chi connectivity index (χ1) is 8.38. The van der Waals surface area contributed by atoms with Gasteiger partial charge in [-0.1, -0.05) is 13.0 Å². The molecule has 5 heteroatoms. The van der Waals surface area contributed by atoms with Crippen LogP contribution in [0.25, 0.3) is 0 Å². The Morgan fingerprint density at radius 3 is 2.44 bits per heavy atom. The van der Waals surface area contributed by atoms with E-state index >= 15 is 0 Å². The second kappa shape index (κ2) is 4.67. The second-order valence-electron chi connectivity index (χ2n) is 4.61. The zero-order valence-electron chi connectivity index (χ0n) is 10.4. The third kappa shape index (κ3) is 2.31. The molecule has 0 radical (unpaired) electrons. The zero-order chi connectivity index (χ0) is 13.5. The molecule has 0 atom stereocenters. The molecule has 0 saturated heterocycles. The minimum absolute atomic E-state index is 0.0352. The van der Waals surface area contributed by atoms with Gasteiger partial charge < -0.3 is 0 Å². The van der Waals surface area contributed by atoms with Crippen molar-refractivity contribution < 1.29 is 13.2 Å². The first-order valence-corrected chi connectivity index (χ1v) is 7.97. The van der Waals surface area contributed by atoms with Gasteiger partial charge in [-0.05, 0) is 54.5 Å². The number of halogens is 1. The lowest BCUT2D eigenvalue weighted by molar-refractivity contribution is 0.108. The molecule has 1 aliphatic carbocycles. The van der Waals surface area contributed by atoms with Gasteiger partial charge in [0.2, 0.25) is 0 Å². The number of carbonyl (C=O) groups excluding carboxylic acids is 1. The van der Waals surface area contributed by atoms with Crippen molar-refractivity contribution in [2.75, 3.05) is 5.75 Å². The van der Waals surface area contributed by atoms with Crippen LogP contribution in [-0.4, -0.2) is 19.4 Å². The summed E-state index contributed by atoms with van der Waals surface area (Å²) in [5.41, 5.74) is 1.62. The number of carbonyl (C=O) groups is 1. The minimum atomic E-state index is -3.33. The molecular weight excluding hydrogens is 272 g/mol. The number of hydrogen-bond acceptors (Lipinski definition) is 3. The Labute approximate surface area is 112 Å². The summed E-state index contributed by atoms with van der Waals surface area (Å²) in [6, 6.07) is 3.37. The molecule has 1 aliphatic rings. The normalized spacial score (nSPS) is 15.7. The van der Waals surface area contributed by atoms with Gasteiger partial charge in [0.1, 0.15) is 0 Å². The van der Waals surface area contributed by atoms with Crippen molar-refractivity contribution in [3.63, 3.8) is 0 Å². The Bertz CT molecular complexity index is 601. The molecule has 3 nitrogen and oxygen atoms in total. The zero-order valence-corrected chi connectivity index (χ0v) is 11.9. The van der Waals surface area contributed by atoms with Crippen molar-refractivity contribution in [3.05, 3.63) is 28.8 Å². The van der Waals surface area contributed by atoms with E-state index in [1.165, 1.54) is 0 Å². The maximum Gasteiger partial charge on any atom is 0.252 e. The van der Waals surface area contributed by atoms with Gasteiger partial charge >= 0.3 is 0 Å². The van der Waals surface area contributed by atoms with Crippen LogP contribution in [-0.2, 0) is 9.84 Å². The molecule has 1 aromatic carbocycles. The lowest BCUT2D eigenvalue weighted by atomic mass is 10.0. The van der Waals surface area contributed by atoms with Crippen LogP contribution in [0.4, 0.5) is 0 Å². The third-order valence-corrected chi connectivity index (χ3v) is 5.48. The van der Waals surface area contributed by atoms with Crippen molar-refractivity contribution >= 4 is 26.7 Å². The maximum absolute atomic E-state index is 12.2. The maximum atomic E-state index is 12.2. The molecule has 18 heavy (non-hydrogen) atoms. The van der Waals surface area contributed by atoms with E-state index in [1.807, 2.05) is 0 Å². The van der Waals surface area contributed by atoms with E-state index in [4.69, 9.17) is 11.6 Å². The van der Waals surface area contributed by atoms with Crippen LogP contribution in [0.3, 0.4) is 0 Å². The molecule has 0 heterocycles. The quantitative estimate of drug-likeness (QED) is 0.800. The van der Waals surface area contributed by atoms with E-state index in [0.717, 1.165) is 18.4 Å². The molecule has 1 aromatic rings. The fourth-order valence-electron chi connectivity index (χ4n) is 2.20. The summed E-state index contributed by atoms with van der Waals surface area (Å²) in [7, 11) is -3.33. The second-order valence-corrected chi connectivity index (χ2v) is 7.17. The van der Waals surface area contributed by atoms with Crippen LogP contribution in [0.5, 0.6) is 0 Å². The first-order valence-electron chi connectivity index (χ1n) is 5.94. The molecule has 0 aliphatic heterocycles. The molecule has 2 rings (SSSR count). The number of benzene rings is 1. The molecule has 0 amide bonds. The highest BCUT2D eigenvalue weighted by Gasteiger charge is 2.32. The summed E-state index contributed by atoms with van der Waals surface area (Å²) in [6.45, 7) is 3.27. The Hall–Kier alpha value is -0.870. The number of hydrogen-bond donors (Lipinski definition) is 0. The molecule has 0 bridgehead atoms. The lowest BCUT2D eigenvalue weighted by Crippen LogP contribution is -2.11. The highest BCUT2D eigenvalue weighted by atomic mass is 35.5. The van der Waals surface area contributed by atoms with E-state index in [2.05, 4.69) is 0 Å². The summed E-state index contributed by atoms with van der Waals surface area (Å²) in [5.74, 6) is 0.354. The van der Waals surface area contributed by atoms with Gasteiger partial charge in [0, 0.05) is 5.56 Å². The third-order valence-electron chi connectivity index (χ3n) is 3.36.